The number of thiazole rings is 1. The first-order valence-electron chi connectivity index (χ1n) is 6.64. The van der Waals surface area contributed by atoms with Crippen LogP contribution in [0, 0.1) is 6.92 Å². The third-order valence-electron chi connectivity index (χ3n) is 2.76. The molecule has 1 heterocycles. The van der Waals surface area contributed by atoms with Gasteiger partial charge >= 0.3 is 0 Å². The molecule has 6 nitrogen and oxygen atoms in total. The molecule has 2 rings (SSSR count). The maximum atomic E-state index is 11.9. The van der Waals surface area contributed by atoms with E-state index in [1.807, 2.05) is 18.2 Å². The monoisotopic (exact) mass is 319 g/mol. The summed E-state index contributed by atoms with van der Waals surface area (Å²) in [5.74, 6) is 0.175. The van der Waals surface area contributed by atoms with Crippen LogP contribution in [-0.4, -0.2) is 42.4 Å². The van der Waals surface area contributed by atoms with Gasteiger partial charge in [0.1, 0.15) is 10.6 Å². The predicted molar refractivity (Wildman–Crippen MR) is 85.4 cm³/mol. The van der Waals surface area contributed by atoms with E-state index in [0.717, 1.165) is 11.3 Å². The summed E-state index contributed by atoms with van der Waals surface area (Å²) in [5, 5.41) is 3.03. The van der Waals surface area contributed by atoms with E-state index in [1.165, 1.54) is 4.90 Å². The minimum Gasteiger partial charge on any atom is -0.484 e. The van der Waals surface area contributed by atoms with Gasteiger partial charge in [-0.3, -0.25) is 14.9 Å². The number of anilines is 1. The topological polar surface area (TPSA) is 71.5 Å². The third-order valence-corrected chi connectivity index (χ3v) is 3.82. The second-order valence-corrected chi connectivity index (χ2v) is 5.78. The number of hydrogen-bond acceptors (Lipinski definition) is 5. The number of hydrogen-bond donors (Lipinski definition) is 1. The summed E-state index contributed by atoms with van der Waals surface area (Å²) in [4.78, 5) is 30.0. The Morgan fingerprint density at radius 1 is 1.27 bits per heavy atom. The van der Waals surface area contributed by atoms with Gasteiger partial charge < -0.3 is 9.64 Å². The van der Waals surface area contributed by atoms with Crippen molar-refractivity contribution in [2.24, 2.45) is 0 Å². The molecule has 2 aromatic rings. The zero-order valence-corrected chi connectivity index (χ0v) is 13.4. The van der Waals surface area contributed by atoms with Crippen LogP contribution >= 0.6 is 11.3 Å². The average molecular weight is 319 g/mol. The largest absolute Gasteiger partial charge is 0.484 e. The van der Waals surface area contributed by atoms with Crippen LogP contribution in [0.1, 0.15) is 15.4 Å². The molecule has 0 aliphatic heterocycles. The van der Waals surface area contributed by atoms with Gasteiger partial charge in [-0.1, -0.05) is 29.5 Å². The fourth-order valence-corrected chi connectivity index (χ4v) is 2.68. The normalized spacial score (nSPS) is 10.1. The molecular formula is C15H17N3O3S. The summed E-state index contributed by atoms with van der Waals surface area (Å²) in [6.07, 6.45) is 0. The number of rotatable bonds is 5. The summed E-state index contributed by atoms with van der Waals surface area (Å²) in [5.41, 5.74) is 0.600. The molecule has 0 atom stereocenters. The van der Waals surface area contributed by atoms with E-state index in [-0.39, 0.29) is 18.4 Å². The minimum atomic E-state index is -0.318. The van der Waals surface area contributed by atoms with Gasteiger partial charge in [0, 0.05) is 14.1 Å². The average Bonchev–Trinajstić information content (AvgIpc) is 2.85. The van der Waals surface area contributed by atoms with Gasteiger partial charge in [0.2, 0.25) is 0 Å². The summed E-state index contributed by atoms with van der Waals surface area (Å²) in [6, 6.07) is 9.07. The second-order valence-electron chi connectivity index (χ2n) is 4.78. The number of ether oxygens (including phenoxy) is 1. The number of nitrogens with zero attached hydrogens (tertiary/aromatic N) is 2. The molecule has 0 aliphatic carbocycles. The smallest absolute Gasteiger partial charge is 0.265 e. The maximum absolute atomic E-state index is 11.9. The molecule has 0 bridgehead atoms. The lowest BCUT2D eigenvalue weighted by Crippen LogP contribution is -2.21. The van der Waals surface area contributed by atoms with Crippen LogP contribution in [0.2, 0.25) is 0 Å². The molecule has 22 heavy (non-hydrogen) atoms. The molecule has 1 N–H and O–H groups in total. The molecule has 0 unspecified atom stereocenters. The first kappa shape index (κ1) is 16.0. The van der Waals surface area contributed by atoms with Crippen molar-refractivity contribution in [3.8, 4) is 5.75 Å². The first-order chi connectivity index (χ1) is 10.5. The molecule has 116 valence electrons. The SMILES string of the molecule is Cc1nc(NC(=O)COc2ccccc2)sc1C(=O)N(C)C. The molecule has 7 heteroatoms. The van der Waals surface area contributed by atoms with E-state index in [1.54, 1.807) is 33.2 Å². The Kier molecular flexibility index (Phi) is 5.11. The van der Waals surface area contributed by atoms with Crippen LogP contribution in [0.3, 0.4) is 0 Å². The van der Waals surface area contributed by atoms with Crippen molar-refractivity contribution in [3.63, 3.8) is 0 Å². The molecule has 0 saturated heterocycles. The number of aryl methyl sites for hydroxylation is 1. The number of para-hydroxylation sites is 1. The predicted octanol–water partition coefficient (Wildman–Crippen LogP) is 2.17. The zero-order chi connectivity index (χ0) is 16.1. The molecule has 1 aromatic carbocycles. The molecule has 0 fully saturated rings. The van der Waals surface area contributed by atoms with Gasteiger partial charge in [-0.05, 0) is 19.1 Å². The number of carbonyl (C=O) groups is 2. The van der Waals surface area contributed by atoms with Crippen molar-refractivity contribution in [2.75, 3.05) is 26.0 Å². The van der Waals surface area contributed by atoms with Crippen LogP contribution in [0.15, 0.2) is 30.3 Å². The number of carbonyl (C=O) groups excluding carboxylic acids is 2. The van der Waals surface area contributed by atoms with Crippen molar-refractivity contribution >= 4 is 28.3 Å². The molecule has 0 spiro atoms. The van der Waals surface area contributed by atoms with E-state index in [9.17, 15) is 9.59 Å². The van der Waals surface area contributed by atoms with Crippen LogP contribution in [0.5, 0.6) is 5.75 Å². The molecule has 0 radical (unpaired) electrons. The van der Waals surface area contributed by atoms with E-state index < -0.39 is 0 Å². The first-order valence-corrected chi connectivity index (χ1v) is 7.46. The lowest BCUT2D eigenvalue weighted by Gasteiger charge is -2.07. The molecule has 0 saturated carbocycles. The van der Waals surface area contributed by atoms with Crippen LogP contribution in [-0.2, 0) is 4.79 Å². The van der Waals surface area contributed by atoms with Gasteiger partial charge in [-0.25, -0.2) is 4.98 Å². The highest BCUT2D eigenvalue weighted by Crippen LogP contribution is 2.23. The summed E-state index contributed by atoms with van der Waals surface area (Å²) in [6.45, 7) is 1.63. The molecule has 1 aromatic heterocycles. The number of amides is 2. The minimum absolute atomic E-state index is 0.112. The fourth-order valence-electron chi connectivity index (χ4n) is 1.67. The standard InChI is InChI=1S/C15H17N3O3S/c1-10-13(14(20)18(2)3)22-15(16-10)17-12(19)9-21-11-7-5-4-6-8-11/h4-8H,9H2,1-3H3,(H,16,17,19). The van der Waals surface area contributed by atoms with Gasteiger partial charge in [-0.2, -0.15) is 0 Å². The Bertz CT molecular complexity index is 668. The Balaban J connectivity index is 1.95. The van der Waals surface area contributed by atoms with Crippen LogP contribution in [0.25, 0.3) is 0 Å². The van der Waals surface area contributed by atoms with E-state index in [2.05, 4.69) is 10.3 Å². The Morgan fingerprint density at radius 2 is 1.95 bits per heavy atom. The highest BCUT2D eigenvalue weighted by atomic mass is 32.1. The Labute approximate surface area is 132 Å². The second kappa shape index (κ2) is 7.04. The lowest BCUT2D eigenvalue weighted by molar-refractivity contribution is -0.118. The molecule has 0 aliphatic rings. The van der Waals surface area contributed by atoms with E-state index >= 15 is 0 Å². The van der Waals surface area contributed by atoms with E-state index in [4.69, 9.17) is 4.74 Å². The molecular weight excluding hydrogens is 302 g/mol. The summed E-state index contributed by atoms with van der Waals surface area (Å²) >= 11 is 1.16. The van der Waals surface area contributed by atoms with Gasteiger partial charge in [-0.15, -0.1) is 0 Å². The van der Waals surface area contributed by atoms with Crippen molar-refractivity contribution in [1.82, 2.24) is 9.88 Å². The summed E-state index contributed by atoms with van der Waals surface area (Å²) < 4.78 is 5.35. The van der Waals surface area contributed by atoms with Gasteiger partial charge in [0.15, 0.2) is 11.7 Å². The van der Waals surface area contributed by atoms with Crippen molar-refractivity contribution in [1.29, 1.82) is 0 Å². The summed E-state index contributed by atoms with van der Waals surface area (Å²) in [7, 11) is 3.35. The third kappa shape index (κ3) is 4.05. The number of aromatic nitrogens is 1. The highest BCUT2D eigenvalue weighted by molar-refractivity contribution is 7.17. The van der Waals surface area contributed by atoms with Crippen molar-refractivity contribution in [3.05, 3.63) is 40.9 Å². The van der Waals surface area contributed by atoms with Gasteiger partial charge in [0.25, 0.3) is 11.8 Å². The van der Waals surface area contributed by atoms with Gasteiger partial charge in [0.05, 0.1) is 5.69 Å². The van der Waals surface area contributed by atoms with Crippen molar-refractivity contribution < 1.29 is 14.3 Å². The lowest BCUT2D eigenvalue weighted by atomic mass is 10.3. The highest BCUT2D eigenvalue weighted by Gasteiger charge is 2.18. The quantitative estimate of drug-likeness (QED) is 0.917. The Hall–Kier alpha value is -2.41. The number of nitrogens with one attached hydrogen (secondary N) is 1. The van der Waals surface area contributed by atoms with E-state index in [0.29, 0.717) is 21.5 Å². The molecule has 2 amide bonds. The van der Waals surface area contributed by atoms with Crippen molar-refractivity contribution in [2.45, 2.75) is 6.92 Å². The van der Waals surface area contributed by atoms with Crippen LogP contribution < -0.4 is 10.1 Å². The fraction of sp³-hybridized carbons (Fsp3) is 0.267. The maximum Gasteiger partial charge on any atom is 0.265 e. The Morgan fingerprint density at radius 3 is 2.59 bits per heavy atom. The number of benzene rings is 1. The van der Waals surface area contributed by atoms with Crippen LogP contribution in [0.4, 0.5) is 5.13 Å². The zero-order valence-electron chi connectivity index (χ0n) is 12.6.